The molecule has 0 aromatic heterocycles. The second kappa shape index (κ2) is 19.8. The van der Waals surface area contributed by atoms with E-state index in [1.54, 1.807) is 0 Å². The predicted octanol–water partition coefficient (Wildman–Crippen LogP) is 2.55. The number of unbranched alkanes of at least 4 members (excludes halogenated alkanes) is 12. The van der Waals surface area contributed by atoms with Crippen LogP contribution in [0.1, 0.15) is 117 Å². The summed E-state index contributed by atoms with van der Waals surface area (Å²) in [5.74, 6) is 0. The van der Waals surface area contributed by atoms with Crippen molar-refractivity contribution in [3.63, 3.8) is 0 Å². The standard InChI is InChI=1S/C20H42O4S.K/c1-3-5-6-7-8-9-10-11-12-13-14-15-16-18-19(21)20(17-4-2)25(22,23)24;/h19-21H,3-18H2,1-2H3,(H,22,23,24);/q;+1/p-1. The molecule has 0 radical (unpaired) electrons. The second-order valence-electron chi connectivity index (χ2n) is 7.42. The molecule has 0 rings (SSSR count). The van der Waals surface area contributed by atoms with Crippen molar-refractivity contribution in [3.8, 4) is 0 Å². The molecule has 0 fully saturated rings. The Kier molecular flexibility index (Phi) is 22.6. The van der Waals surface area contributed by atoms with Gasteiger partial charge in [0, 0.05) is 0 Å². The third-order valence-corrected chi connectivity index (χ3v) is 6.27. The first-order chi connectivity index (χ1) is 11.9. The molecule has 1 N–H and O–H groups in total. The Hall–Kier alpha value is 1.51. The molecular formula is C20H41KO4S. The van der Waals surface area contributed by atoms with E-state index in [0.717, 1.165) is 19.3 Å². The predicted molar refractivity (Wildman–Crippen MR) is 105 cm³/mol. The topological polar surface area (TPSA) is 77.4 Å². The maximum absolute atomic E-state index is 11.2. The Morgan fingerprint density at radius 1 is 0.692 bits per heavy atom. The molecule has 0 saturated carbocycles. The third-order valence-electron chi connectivity index (χ3n) is 4.98. The van der Waals surface area contributed by atoms with Crippen LogP contribution in [0, 0.1) is 0 Å². The normalized spacial score (nSPS) is 14.0. The fourth-order valence-electron chi connectivity index (χ4n) is 3.37. The van der Waals surface area contributed by atoms with Crippen molar-refractivity contribution in [1.82, 2.24) is 0 Å². The summed E-state index contributed by atoms with van der Waals surface area (Å²) < 4.78 is 33.5. The molecule has 0 spiro atoms. The van der Waals surface area contributed by atoms with Crippen LogP contribution in [0.25, 0.3) is 0 Å². The van der Waals surface area contributed by atoms with E-state index in [-0.39, 0.29) is 57.8 Å². The zero-order chi connectivity index (χ0) is 19.0. The van der Waals surface area contributed by atoms with Crippen LogP contribution in [-0.2, 0) is 10.1 Å². The number of hydrogen-bond acceptors (Lipinski definition) is 4. The van der Waals surface area contributed by atoms with Crippen molar-refractivity contribution in [2.45, 2.75) is 128 Å². The summed E-state index contributed by atoms with van der Waals surface area (Å²) in [5, 5.41) is 8.84. The van der Waals surface area contributed by atoms with Crippen LogP contribution in [0.2, 0.25) is 0 Å². The SMILES string of the molecule is CCCCCCCCCCCCCCCC(O)C(CCC)S(=O)(=O)[O-].[K+]. The van der Waals surface area contributed by atoms with Gasteiger partial charge in [0.1, 0.15) is 10.1 Å². The minimum absolute atomic E-state index is 0. The zero-order valence-corrected chi connectivity index (χ0v) is 21.5. The van der Waals surface area contributed by atoms with Gasteiger partial charge in [-0.3, -0.25) is 0 Å². The largest absolute Gasteiger partial charge is 1.00 e. The monoisotopic (exact) mass is 416 g/mol. The number of rotatable bonds is 18. The van der Waals surface area contributed by atoms with Gasteiger partial charge in [-0.25, -0.2) is 8.42 Å². The van der Waals surface area contributed by atoms with E-state index in [0.29, 0.717) is 12.8 Å². The van der Waals surface area contributed by atoms with Crippen molar-refractivity contribution in [1.29, 1.82) is 0 Å². The van der Waals surface area contributed by atoms with Gasteiger partial charge in [-0.1, -0.05) is 104 Å². The molecule has 2 atom stereocenters. The smallest absolute Gasteiger partial charge is 0.748 e. The molecule has 0 aliphatic heterocycles. The molecular weight excluding hydrogens is 375 g/mol. The number of aliphatic hydroxyl groups excluding tert-OH is 1. The van der Waals surface area contributed by atoms with Crippen molar-refractivity contribution in [2.24, 2.45) is 0 Å². The number of hydrogen-bond donors (Lipinski definition) is 1. The van der Waals surface area contributed by atoms with Crippen molar-refractivity contribution < 1.29 is 69.5 Å². The summed E-state index contributed by atoms with van der Waals surface area (Å²) in [6.45, 7) is 4.08. The molecule has 0 bridgehead atoms. The average molecular weight is 417 g/mol. The Morgan fingerprint density at radius 3 is 1.42 bits per heavy atom. The van der Waals surface area contributed by atoms with Gasteiger partial charge in [0.2, 0.25) is 0 Å². The average Bonchev–Trinajstić information content (AvgIpc) is 2.55. The molecule has 0 aliphatic rings. The maximum atomic E-state index is 11.2. The summed E-state index contributed by atoms with van der Waals surface area (Å²) >= 11 is 0. The Balaban J connectivity index is 0. The summed E-state index contributed by atoms with van der Waals surface area (Å²) in [6, 6.07) is 0. The molecule has 0 saturated heterocycles. The molecule has 4 nitrogen and oxygen atoms in total. The van der Waals surface area contributed by atoms with E-state index in [1.807, 2.05) is 6.92 Å². The Morgan fingerprint density at radius 2 is 1.08 bits per heavy atom. The van der Waals surface area contributed by atoms with Crippen LogP contribution in [0.3, 0.4) is 0 Å². The summed E-state index contributed by atoms with van der Waals surface area (Å²) in [5.41, 5.74) is 0. The van der Waals surface area contributed by atoms with Gasteiger partial charge in [0.05, 0.1) is 11.4 Å². The molecule has 0 aliphatic carbocycles. The van der Waals surface area contributed by atoms with Gasteiger partial charge in [-0.2, -0.15) is 0 Å². The van der Waals surface area contributed by atoms with Crippen molar-refractivity contribution in [3.05, 3.63) is 0 Å². The van der Waals surface area contributed by atoms with E-state index < -0.39 is 21.5 Å². The van der Waals surface area contributed by atoms with E-state index in [4.69, 9.17) is 0 Å². The van der Waals surface area contributed by atoms with Gasteiger partial charge in [-0.15, -0.1) is 0 Å². The Labute approximate surface area is 205 Å². The van der Waals surface area contributed by atoms with Crippen molar-refractivity contribution in [2.75, 3.05) is 0 Å². The van der Waals surface area contributed by atoms with E-state index in [9.17, 15) is 18.1 Å². The van der Waals surface area contributed by atoms with Crippen LogP contribution >= 0.6 is 0 Å². The fraction of sp³-hybridized carbons (Fsp3) is 1.00. The molecule has 152 valence electrons. The van der Waals surface area contributed by atoms with Crippen LogP contribution < -0.4 is 51.4 Å². The van der Waals surface area contributed by atoms with Gasteiger partial charge in [0.25, 0.3) is 0 Å². The minimum Gasteiger partial charge on any atom is -0.748 e. The minimum atomic E-state index is -4.39. The van der Waals surface area contributed by atoms with Gasteiger partial charge >= 0.3 is 51.4 Å². The van der Waals surface area contributed by atoms with Crippen LogP contribution in [0.5, 0.6) is 0 Å². The van der Waals surface area contributed by atoms with Crippen LogP contribution in [0.4, 0.5) is 0 Å². The molecule has 0 heterocycles. The second-order valence-corrected chi connectivity index (χ2v) is 9.01. The summed E-state index contributed by atoms with van der Waals surface area (Å²) in [7, 11) is -4.39. The quantitative estimate of drug-likeness (QED) is 0.212. The molecule has 2 unspecified atom stereocenters. The first-order valence-electron chi connectivity index (χ1n) is 10.6. The van der Waals surface area contributed by atoms with E-state index in [1.165, 1.54) is 64.2 Å². The Bertz CT molecular complexity index is 387. The first-order valence-corrected chi connectivity index (χ1v) is 12.0. The summed E-state index contributed by atoms with van der Waals surface area (Å²) in [4.78, 5) is 0. The first kappa shape index (κ1) is 29.7. The number of aliphatic hydroxyl groups is 1. The summed E-state index contributed by atoms with van der Waals surface area (Å²) in [6.07, 6.45) is 16.5. The zero-order valence-electron chi connectivity index (χ0n) is 17.5. The molecule has 0 amide bonds. The van der Waals surface area contributed by atoms with Gasteiger partial charge < -0.3 is 9.66 Å². The van der Waals surface area contributed by atoms with Gasteiger partial charge in [-0.05, 0) is 12.8 Å². The van der Waals surface area contributed by atoms with Crippen molar-refractivity contribution >= 4 is 10.1 Å². The molecule has 0 aromatic carbocycles. The molecule has 26 heavy (non-hydrogen) atoms. The van der Waals surface area contributed by atoms with Crippen LogP contribution in [-0.4, -0.2) is 29.4 Å². The van der Waals surface area contributed by atoms with Crippen LogP contribution in [0.15, 0.2) is 0 Å². The maximum Gasteiger partial charge on any atom is 1.00 e. The molecule has 6 heteroatoms. The van der Waals surface area contributed by atoms with E-state index in [2.05, 4.69) is 6.92 Å². The van der Waals surface area contributed by atoms with E-state index >= 15 is 0 Å². The molecule has 0 aromatic rings. The van der Waals surface area contributed by atoms with Gasteiger partial charge in [0.15, 0.2) is 0 Å². The third kappa shape index (κ3) is 17.6. The fourth-order valence-corrected chi connectivity index (χ4v) is 4.42.